The van der Waals surface area contributed by atoms with Crippen LogP contribution in [0.3, 0.4) is 0 Å². The minimum absolute atomic E-state index is 0.346. The number of esters is 1. The number of benzene rings is 3. The average molecular weight is 528 g/mol. The molecule has 0 aliphatic carbocycles. The zero-order valence-electron chi connectivity index (χ0n) is 21.7. The van der Waals surface area contributed by atoms with Crippen LogP contribution in [0.15, 0.2) is 86.0 Å². The highest BCUT2D eigenvalue weighted by Gasteiger charge is 2.23. The number of hydrogen-bond donors (Lipinski definition) is 1. The molecule has 0 bridgehead atoms. The Morgan fingerprint density at radius 2 is 1.49 bits per heavy atom. The molecule has 39 heavy (non-hydrogen) atoms. The first kappa shape index (κ1) is 27.3. The van der Waals surface area contributed by atoms with Crippen LogP contribution in [0.5, 0.6) is 17.2 Å². The van der Waals surface area contributed by atoms with Gasteiger partial charge in [0.05, 0.1) is 18.8 Å². The van der Waals surface area contributed by atoms with Gasteiger partial charge < -0.3 is 24.1 Å². The zero-order valence-corrected chi connectivity index (χ0v) is 21.7. The molecule has 0 radical (unpaired) electrons. The molecule has 200 valence electrons. The van der Waals surface area contributed by atoms with Gasteiger partial charge in [-0.15, -0.1) is 0 Å². The molecule has 4 aromatic rings. The number of hydrogen-bond acceptors (Lipinski definition) is 9. The number of rotatable bonds is 12. The molecule has 0 fully saturated rings. The Hall–Kier alpha value is -4.76. The largest absolute Gasteiger partial charge is 0.493 e. The first-order valence-corrected chi connectivity index (χ1v) is 12.4. The van der Waals surface area contributed by atoms with Gasteiger partial charge in [-0.2, -0.15) is 0 Å². The molecule has 1 unspecified atom stereocenters. The maximum atomic E-state index is 11.6. The van der Waals surface area contributed by atoms with E-state index in [4.69, 9.17) is 18.9 Å². The summed E-state index contributed by atoms with van der Waals surface area (Å²) in [5.41, 5.74) is 3.67. The molecule has 4 rings (SSSR count). The maximum absolute atomic E-state index is 11.6. The summed E-state index contributed by atoms with van der Waals surface area (Å²) in [7, 11) is 0. The second-order valence-corrected chi connectivity index (χ2v) is 8.12. The highest BCUT2D eigenvalue weighted by Crippen LogP contribution is 2.45. The van der Waals surface area contributed by atoms with Crippen LogP contribution in [0.1, 0.15) is 13.8 Å². The molecule has 9 nitrogen and oxygen atoms in total. The Labute approximate surface area is 226 Å². The van der Waals surface area contributed by atoms with E-state index in [2.05, 4.69) is 21.5 Å². The monoisotopic (exact) mass is 527 g/mol. The molecule has 1 heterocycles. The van der Waals surface area contributed by atoms with Crippen molar-refractivity contribution in [2.24, 2.45) is 0 Å². The van der Waals surface area contributed by atoms with Crippen molar-refractivity contribution in [2.75, 3.05) is 19.8 Å². The fraction of sp³-hybridized carbons (Fsp3) is 0.200. The summed E-state index contributed by atoms with van der Waals surface area (Å²) in [6, 6.07) is 19.1. The van der Waals surface area contributed by atoms with Gasteiger partial charge in [0.2, 0.25) is 6.29 Å². The summed E-state index contributed by atoms with van der Waals surface area (Å²) >= 11 is 0. The summed E-state index contributed by atoms with van der Waals surface area (Å²) in [6.07, 6.45) is 2.22. The van der Waals surface area contributed by atoms with Gasteiger partial charge in [-0.25, -0.2) is 19.7 Å². The first-order chi connectivity index (χ1) is 19.0. The van der Waals surface area contributed by atoms with E-state index in [0.717, 1.165) is 28.3 Å². The number of carbonyl (C=O) groups excluding carboxylic acids is 1. The highest BCUT2D eigenvalue weighted by atomic mass is 16.7. The van der Waals surface area contributed by atoms with E-state index in [9.17, 15) is 9.90 Å². The van der Waals surface area contributed by atoms with Crippen molar-refractivity contribution in [3.8, 4) is 50.9 Å². The predicted molar refractivity (Wildman–Crippen MR) is 146 cm³/mol. The van der Waals surface area contributed by atoms with Gasteiger partial charge in [0.25, 0.3) is 0 Å². The third-order valence-electron chi connectivity index (χ3n) is 5.59. The Balaban J connectivity index is 1.96. The number of para-hydroxylation sites is 2. The second kappa shape index (κ2) is 13.2. The molecule has 1 aromatic heterocycles. The molecular weight excluding hydrogens is 498 g/mol. The van der Waals surface area contributed by atoms with Crippen molar-refractivity contribution < 1.29 is 28.8 Å². The van der Waals surface area contributed by atoms with Gasteiger partial charge in [-0.3, -0.25) is 0 Å². The van der Waals surface area contributed by atoms with E-state index in [1.54, 1.807) is 0 Å². The predicted octanol–water partition coefficient (Wildman–Crippen LogP) is 5.10. The quantitative estimate of drug-likeness (QED) is 0.153. The normalized spacial score (nSPS) is 11.4. The number of ether oxygens (including phenoxy) is 4. The van der Waals surface area contributed by atoms with E-state index < -0.39 is 12.3 Å². The summed E-state index contributed by atoms with van der Waals surface area (Å²) in [4.78, 5) is 24.3. The first-order valence-electron chi connectivity index (χ1n) is 12.4. The zero-order chi connectivity index (χ0) is 27.6. The Morgan fingerprint density at radius 3 is 2.13 bits per heavy atom. The van der Waals surface area contributed by atoms with Crippen molar-refractivity contribution in [3.05, 3.63) is 86.0 Å². The lowest BCUT2D eigenvalue weighted by Crippen LogP contribution is -2.23. The smallest absolute Gasteiger partial charge is 0.332 e. The highest BCUT2D eigenvalue weighted by molar-refractivity contribution is 5.91. The SMILES string of the molecule is C=CC(=O)OC(O)COc1cc(-c2ccccc2OCC)cc(-c2ccccc2OCC)c1-c1ncncn1. The molecule has 1 N–H and O–H groups in total. The van der Waals surface area contributed by atoms with Crippen LogP contribution in [0.2, 0.25) is 0 Å². The van der Waals surface area contributed by atoms with Crippen molar-refractivity contribution in [1.29, 1.82) is 0 Å². The van der Waals surface area contributed by atoms with E-state index in [0.29, 0.717) is 41.9 Å². The van der Waals surface area contributed by atoms with E-state index in [1.807, 2.05) is 74.5 Å². The molecule has 0 aliphatic rings. The van der Waals surface area contributed by atoms with Crippen molar-refractivity contribution in [3.63, 3.8) is 0 Å². The number of aromatic nitrogens is 3. The number of carbonyl (C=O) groups is 1. The summed E-state index contributed by atoms with van der Waals surface area (Å²) < 4.78 is 22.8. The molecule has 0 spiro atoms. The van der Waals surface area contributed by atoms with E-state index in [1.165, 1.54) is 12.7 Å². The van der Waals surface area contributed by atoms with Crippen LogP contribution in [-0.2, 0) is 9.53 Å². The minimum Gasteiger partial charge on any atom is -0.493 e. The lowest BCUT2D eigenvalue weighted by Gasteiger charge is -2.21. The summed E-state index contributed by atoms with van der Waals surface area (Å²) in [5, 5.41) is 10.3. The number of nitrogens with zero attached hydrogens (tertiary/aromatic N) is 3. The number of aliphatic hydroxyl groups is 1. The van der Waals surface area contributed by atoms with Gasteiger partial charge in [-0.1, -0.05) is 43.0 Å². The third-order valence-corrected chi connectivity index (χ3v) is 5.59. The van der Waals surface area contributed by atoms with E-state index in [-0.39, 0.29) is 6.61 Å². The molecule has 3 aromatic carbocycles. The van der Waals surface area contributed by atoms with Crippen molar-refractivity contribution >= 4 is 5.97 Å². The Morgan fingerprint density at radius 1 is 0.872 bits per heavy atom. The summed E-state index contributed by atoms with van der Waals surface area (Å²) in [5.74, 6) is 1.29. The fourth-order valence-corrected chi connectivity index (χ4v) is 4.03. The summed E-state index contributed by atoms with van der Waals surface area (Å²) in [6.45, 7) is 7.80. The topological polar surface area (TPSA) is 113 Å². The van der Waals surface area contributed by atoms with Gasteiger partial charge in [-0.05, 0) is 43.7 Å². The number of aliphatic hydroxyl groups excluding tert-OH is 1. The van der Waals surface area contributed by atoms with Crippen LogP contribution in [0, 0.1) is 0 Å². The lowest BCUT2D eigenvalue weighted by atomic mass is 9.92. The van der Waals surface area contributed by atoms with Gasteiger partial charge >= 0.3 is 5.97 Å². The van der Waals surface area contributed by atoms with Crippen LogP contribution < -0.4 is 14.2 Å². The second-order valence-electron chi connectivity index (χ2n) is 8.12. The fourth-order valence-electron chi connectivity index (χ4n) is 4.03. The van der Waals surface area contributed by atoms with Gasteiger partial charge in [0.1, 0.15) is 29.9 Å². The molecule has 0 amide bonds. The van der Waals surface area contributed by atoms with Gasteiger partial charge in [0.15, 0.2) is 12.4 Å². The molecular formula is C30H29N3O6. The minimum atomic E-state index is -1.53. The van der Waals surface area contributed by atoms with Crippen LogP contribution in [-0.4, -0.2) is 52.1 Å². The van der Waals surface area contributed by atoms with Crippen LogP contribution in [0.4, 0.5) is 0 Å². The van der Waals surface area contributed by atoms with Gasteiger partial charge in [0, 0.05) is 22.8 Å². The Kier molecular flexibility index (Phi) is 9.20. The van der Waals surface area contributed by atoms with Crippen LogP contribution >= 0.6 is 0 Å². The molecule has 1 atom stereocenters. The Bertz CT molecular complexity index is 1430. The maximum Gasteiger partial charge on any atom is 0.332 e. The molecule has 0 saturated heterocycles. The third kappa shape index (κ3) is 6.58. The molecule has 0 aliphatic heterocycles. The lowest BCUT2D eigenvalue weighted by molar-refractivity contribution is -0.166. The average Bonchev–Trinajstić information content (AvgIpc) is 2.97. The van der Waals surface area contributed by atoms with E-state index >= 15 is 0 Å². The standard InChI is InChI=1S/C30H29N3O6/c1-4-27(34)39-28(35)17-38-26-16-20(21-11-7-9-13-24(21)36-5-2)15-23(29(26)30-32-18-31-19-33-30)22-12-8-10-14-25(22)37-6-3/h4,7-16,18-19,28,35H,1,5-6,17H2,2-3H3. The van der Waals surface area contributed by atoms with Crippen molar-refractivity contribution in [2.45, 2.75) is 20.1 Å². The van der Waals surface area contributed by atoms with Crippen molar-refractivity contribution in [1.82, 2.24) is 15.0 Å². The molecule has 9 heteroatoms. The van der Waals surface area contributed by atoms with Crippen LogP contribution in [0.25, 0.3) is 33.6 Å². The molecule has 0 saturated carbocycles.